The number of aromatic nitrogens is 1. The molecule has 0 bridgehead atoms. The topological polar surface area (TPSA) is 37.4 Å². The van der Waals surface area contributed by atoms with Crippen molar-refractivity contribution in [2.75, 3.05) is 27.2 Å². The van der Waals surface area contributed by atoms with Crippen molar-refractivity contribution in [2.45, 2.75) is 38.3 Å². The van der Waals surface area contributed by atoms with Crippen molar-refractivity contribution >= 4 is 0 Å². The molecule has 1 N–H and O–H groups in total. The van der Waals surface area contributed by atoms with E-state index < -0.39 is 0 Å². The number of methoxy groups -OCH3 is 1. The van der Waals surface area contributed by atoms with E-state index in [0.717, 1.165) is 37.1 Å². The first-order valence-electron chi connectivity index (χ1n) is 7.20. The van der Waals surface area contributed by atoms with Crippen LogP contribution in [-0.4, -0.2) is 43.2 Å². The van der Waals surface area contributed by atoms with Gasteiger partial charge in [-0.05, 0) is 26.0 Å². The van der Waals surface area contributed by atoms with Gasteiger partial charge in [-0.25, -0.2) is 4.98 Å². The van der Waals surface area contributed by atoms with Gasteiger partial charge in [0.25, 0.3) is 0 Å². The van der Waals surface area contributed by atoms with E-state index in [0.29, 0.717) is 0 Å². The van der Waals surface area contributed by atoms with E-state index in [1.807, 2.05) is 6.07 Å². The molecule has 1 aliphatic carbocycles. The molecule has 0 unspecified atom stereocenters. The van der Waals surface area contributed by atoms with E-state index in [4.69, 9.17) is 4.74 Å². The predicted octanol–water partition coefficient (Wildman–Crippen LogP) is 2.05. The van der Waals surface area contributed by atoms with Crippen LogP contribution in [0.2, 0.25) is 0 Å². The molecule has 0 atom stereocenters. The minimum absolute atomic E-state index is 0.721. The fourth-order valence-electron chi connectivity index (χ4n) is 2.75. The molecule has 0 amide bonds. The molecule has 1 aromatic heterocycles. The molecule has 0 aromatic carbocycles. The van der Waals surface area contributed by atoms with Gasteiger partial charge in [-0.3, -0.25) is 0 Å². The van der Waals surface area contributed by atoms with Gasteiger partial charge < -0.3 is 15.0 Å². The van der Waals surface area contributed by atoms with E-state index in [1.165, 1.54) is 25.7 Å². The molecule has 0 spiro atoms. The van der Waals surface area contributed by atoms with E-state index in [9.17, 15) is 0 Å². The molecule has 19 heavy (non-hydrogen) atoms. The van der Waals surface area contributed by atoms with Crippen LogP contribution in [0.4, 0.5) is 0 Å². The Bertz CT molecular complexity index is 377. The van der Waals surface area contributed by atoms with Crippen LogP contribution in [-0.2, 0) is 6.54 Å². The Labute approximate surface area is 116 Å². The van der Waals surface area contributed by atoms with Crippen molar-refractivity contribution < 1.29 is 4.74 Å². The van der Waals surface area contributed by atoms with Gasteiger partial charge in [-0.1, -0.05) is 18.9 Å². The smallest absolute Gasteiger partial charge is 0.217 e. The Hall–Kier alpha value is -1.13. The van der Waals surface area contributed by atoms with Crippen LogP contribution < -0.4 is 10.1 Å². The number of pyridine rings is 1. The van der Waals surface area contributed by atoms with Crippen molar-refractivity contribution in [3.05, 3.63) is 23.9 Å². The minimum atomic E-state index is 0.721. The normalized spacial score (nSPS) is 16.2. The van der Waals surface area contributed by atoms with Gasteiger partial charge >= 0.3 is 0 Å². The van der Waals surface area contributed by atoms with Crippen molar-refractivity contribution in [1.29, 1.82) is 0 Å². The standard InChI is InChI=1S/C15H25N3O/c1-18(14-7-3-4-8-14)11-10-16-12-13-6-5-9-17-15(13)19-2/h5-6,9,14,16H,3-4,7-8,10-12H2,1-2H3. The Kier molecular flexibility index (Phi) is 5.61. The summed E-state index contributed by atoms with van der Waals surface area (Å²) in [5.41, 5.74) is 1.12. The third kappa shape index (κ3) is 4.18. The molecular formula is C15H25N3O. The van der Waals surface area contributed by atoms with Crippen LogP contribution in [0.3, 0.4) is 0 Å². The lowest BCUT2D eigenvalue weighted by Crippen LogP contribution is -2.35. The van der Waals surface area contributed by atoms with Crippen molar-refractivity contribution in [3.63, 3.8) is 0 Å². The first-order chi connectivity index (χ1) is 9.31. The molecule has 4 nitrogen and oxygen atoms in total. The molecule has 0 saturated heterocycles. The lowest BCUT2D eigenvalue weighted by Gasteiger charge is -2.24. The SMILES string of the molecule is COc1ncccc1CNCCN(C)C1CCCC1. The molecule has 0 aliphatic heterocycles. The maximum atomic E-state index is 5.24. The first-order valence-corrected chi connectivity index (χ1v) is 7.20. The van der Waals surface area contributed by atoms with Crippen LogP contribution >= 0.6 is 0 Å². The Morgan fingerprint density at radius 2 is 2.21 bits per heavy atom. The van der Waals surface area contributed by atoms with E-state index >= 15 is 0 Å². The molecule has 1 aliphatic rings. The van der Waals surface area contributed by atoms with Crippen LogP contribution in [0.5, 0.6) is 5.88 Å². The Morgan fingerprint density at radius 3 is 2.95 bits per heavy atom. The lowest BCUT2D eigenvalue weighted by molar-refractivity contribution is 0.245. The quantitative estimate of drug-likeness (QED) is 0.764. The van der Waals surface area contributed by atoms with Gasteiger partial charge in [-0.2, -0.15) is 0 Å². The highest BCUT2D eigenvalue weighted by Gasteiger charge is 2.18. The zero-order chi connectivity index (χ0) is 13.5. The zero-order valence-corrected chi connectivity index (χ0v) is 12.1. The van der Waals surface area contributed by atoms with Crippen LogP contribution in [0, 0.1) is 0 Å². The first kappa shape index (κ1) is 14.3. The molecule has 2 rings (SSSR count). The summed E-state index contributed by atoms with van der Waals surface area (Å²) in [4.78, 5) is 6.69. The third-order valence-electron chi connectivity index (χ3n) is 3.95. The van der Waals surface area contributed by atoms with Crippen molar-refractivity contribution in [3.8, 4) is 5.88 Å². The molecule has 1 fully saturated rings. The largest absolute Gasteiger partial charge is 0.481 e. The predicted molar refractivity (Wildman–Crippen MR) is 77.4 cm³/mol. The number of hydrogen-bond donors (Lipinski definition) is 1. The maximum Gasteiger partial charge on any atom is 0.217 e. The van der Waals surface area contributed by atoms with E-state index in [2.05, 4.69) is 28.3 Å². The van der Waals surface area contributed by atoms with Crippen molar-refractivity contribution in [1.82, 2.24) is 15.2 Å². The highest BCUT2D eigenvalue weighted by molar-refractivity contribution is 5.24. The summed E-state index contributed by atoms with van der Waals surface area (Å²) in [5, 5.41) is 3.47. The maximum absolute atomic E-state index is 5.24. The summed E-state index contributed by atoms with van der Waals surface area (Å²) < 4.78 is 5.24. The van der Waals surface area contributed by atoms with Crippen molar-refractivity contribution in [2.24, 2.45) is 0 Å². The average molecular weight is 263 g/mol. The summed E-state index contributed by atoms with van der Waals surface area (Å²) in [6, 6.07) is 4.80. The van der Waals surface area contributed by atoms with Gasteiger partial charge in [0.15, 0.2) is 0 Å². The fourth-order valence-corrected chi connectivity index (χ4v) is 2.75. The summed E-state index contributed by atoms with van der Waals surface area (Å²) in [6.07, 6.45) is 7.29. The van der Waals surface area contributed by atoms with Gasteiger partial charge in [0, 0.05) is 37.4 Å². The van der Waals surface area contributed by atoms with Crippen LogP contribution in [0.15, 0.2) is 18.3 Å². The molecular weight excluding hydrogens is 238 g/mol. The molecule has 1 heterocycles. The second kappa shape index (κ2) is 7.46. The minimum Gasteiger partial charge on any atom is -0.481 e. The van der Waals surface area contributed by atoms with Gasteiger partial charge in [0.2, 0.25) is 5.88 Å². The molecule has 1 saturated carbocycles. The van der Waals surface area contributed by atoms with Crippen LogP contribution in [0.1, 0.15) is 31.2 Å². The number of rotatable bonds is 7. The second-order valence-corrected chi connectivity index (χ2v) is 5.27. The third-order valence-corrected chi connectivity index (χ3v) is 3.95. The Balaban J connectivity index is 1.68. The summed E-state index contributed by atoms with van der Waals surface area (Å²) in [5.74, 6) is 0.721. The number of nitrogens with one attached hydrogen (secondary N) is 1. The van der Waals surface area contributed by atoms with Gasteiger partial charge in [-0.15, -0.1) is 0 Å². The number of hydrogen-bond acceptors (Lipinski definition) is 4. The zero-order valence-electron chi connectivity index (χ0n) is 12.1. The fraction of sp³-hybridized carbons (Fsp3) is 0.667. The average Bonchev–Trinajstić information content (AvgIpc) is 2.98. The van der Waals surface area contributed by atoms with E-state index in [-0.39, 0.29) is 0 Å². The lowest BCUT2D eigenvalue weighted by atomic mass is 10.2. The molecule has 106 valence electrons. The number of nitrogens with zero attached hydrogens (tertiary/aromatic N) is 2. The van der Waals surface area contributed by atoms with Gasteiger partial charge in [0.1, 0.15) is 0 Å². The highest BCUT2D eigenvalue weighted by atomic mass is 16.5. The molecule has 4 heteroatoms. The second-order valence-electron chi connectivity index (χ2n) is 5.27. The summed E-state index contributed by atoms with van der Waals surface area (Å²) in [6.45, 7) is 2.92. The highest BCUT2D eigenvalue weighted by Crippen LogP contribution is 2.21. The summed E-state index contributed by atoms with van der Waals surface area (Å²) in [7, 11) is 3.90. The van der Waals surface area contributed by atoms with Gasteiger partial charge in [0.05, 0.1) is 7.11 Å². The summed E-state index contributed by atoms with van der Waals surface area (Å²) >= 11 is 0. The molecule has 1 aromatic rings. The van der Waals surface area contributed by atoms with Crippen LogP contribution in [0.25, 0.3) is 0 Å². The Morgan fingerprint density at radius 1 is 1.42 bits per heavy atom. The molecule has 0 radical (unpaired) electrons. The number of ether oxygens (including phenoxy) is 1. The van der Waals surface area contributed by atoms with E-state index in [1.54, 1.807) is 13.3 Å². The number of likely N-dealkylation sites (N-methyl/N-ethyl adjacent to an activating group) is 1. The monoisotopic (exact) mass is 263 g/mol.